The second-order valence-electron chi connectivity index (χ2n) is 4.88. The molecular formula is C15H17BrClN3O. The molecule has 1 N–H and O–H groups in total. The van der Waals surface area contributed by atoms with Crippen molar-refractivity contribution in [3.63, 3.8) is 0 Å². The highest BCUT2D eigenvalue weighted by atomic mass is 79.9. The zero-order valence-corrected chi connectivity index (χ0v) is 14.3. The summed E-state index contributed by atoms with van der Waals surface area (Å²) in [4.78, 5) is 12.1. The summed E-state index contributed by atoms with van der Waals surface area (Å²) in [6.07, 6.45) is 0.832. The van der Waals surface area contributed by atoms with Gasteiger partial charge in [-0.3, -0.25) is 9.48 Å². The van der Waals surface area contributed by atoms with E-state index in [1.165, 1.54) is 0 Å². The van der Waals surface area contributed by atoms with Crippen LogP contribution >= 0.6 is 27.5 Å². The van der Waals surface area contributed by atoms with Gasteiger partial charge in [-0.1, -0.05) is 11.6 Å². The number of rotatable bonds is 5. The fourth-order valence-corrected chi connectivity index (χ4v) is 2.96. The molecule has 0 aliphatic carbocycles. The predicted octanol–water partition coefficient (Wildman–Crippen LogP) is 3.74. The maximum absolute atomic E-state index is 12.1. The van der Waals surface area contributed by atoms with Crippen LogP contribution in [0.2, 0.25) is 5.02 Å². The summed E-state index contributed by atoms with van der Waals surface area (Å²) in [6.45, 7) is 5.40. The topological polar surface area (TPSA) is 46.9 Å². The Morgan fingerprint density at radius 3 is 2.76 bits per heavy atom. The van der Waals surface area contributed by atoms with Crippen molar-refractivity contribution in [1.29, 1.82) is 0 Å². The largest absolute Gasteiger partial charge is 0.352 e. The standard InChI is InChI=1S/C15H17BrClN3O/c1-10-8-11(2)20(19-10)7-3-6-18-15(21)13-5-4-12(17)9-14(13)16/h4-5,8-9H,3,6-7H2,1-2H3,(H,18,21). The van der Waals surface area contributed by atoms with Gasteiger partial charge in [-0.05, 0) is 60.5 Å². The van der Waals surface area contributed by atoms with Gasteiger partial charge in [0.15, 0.2) is 0 Å². The molecule has 112 valence electrons. The first kappa shape index (κ1) is 16.0. The second-order valence-corrected chi connectivity index (χ2v) is 6.17. The minimum absolute atomic E-state index is 0.105. The number of aromatic nitrogens is 2. The predicted molar refractivity (Wildman–Crippen MR) is 87.8 cm³/mol. The number of halogens is 2. The van der Waals surface area contributed by atoms with Gasteiger partial charge < -0.3 is 5.32 Å². The van der Waals surface area contributed by atoms with E-state index in [1.54, 1.807) is 18.2 Å². The monoisotopic (exact) mass is 369 g/mol. The molecule has 0 aliphatic heterocycles. The van der Waals surface area contributed by atoms with E-state index in [-0.39, 0.29) is 5.91 Å². The molecule has 1 amide bonds. The minimum Gasteiger partial charge on any atom is -0.352 e. The van der Waals surface area contributed by atoms with Gasteiger partial charge in [0.05, 0.1) is 11.3 Å². The van der Waals surface area contributed by atoms with Crippen LogP contribution in [0.25, 0.3) is 0 Å². The normalized spacial score (nSPS) is 10.7. The molecule has 6 heteroatoms. The zero-order valence-electron chi connectivity index (χ0n) is 12.0. The average molecular weight is 371 g/mol. The van der Waals surface area contributed by atoms with E-state index in [4.69, 9.17) is 11.6 Å². The number of benzene rings is 1. The van der Waals surface area contributed by atoms with Gasteiger partial charge in [0.1, 0.15) is 0 Å². The minimum atomic E-state index is -0.105. The fourth-order valence-electron chi connectivity index (χ4n) is 2.10. The van der Waals surface area contributed by atoms with Crippen LogP contribution in [0.1, 0.15) is 28.2 Å². The zero-order chi connectivity index (χ0) is 15.4. The van der Waals surface area contributed by atoms with E-state index in [2.05, 4.69) is 26.3 Å². The van der Waals surface area contributed by atoms with Crippen LogP contribution in [0.15, 0.2) is 28.7 Å². The van der Waals surface area contributed by atoms with E-state index in [9.17, 15) is 4.79 Å². The van der Waals surface area contributed by atoms with Crippen LogP contribution in [0, 0.1) is 13.8 Å². The molecule has 0 atom stereocenters. The Hall–Kier alpha value is -1.33. The number of hydrogen-bond donors (Lipinski definition) is 1. The molecule has 2 rings (SSSR count). The van der Waals surface area contributed by atoms with Crippen molar-refractivity contribution in [1.82, 2.24) is 15.1 Å². The lowest BCUT2D eigenvalue weighted by Gasteiger charge is -2.08. The average Bonchev–Trinajstić information content (AvgIpc) is 2.73. The fraction of sp³-hybridized carbons (Fsp3) is 0.333. The highest BCUT2D eigenvalue weighted by Crippen LogP contribution is 2.21. The third-order valence-electron chi connectivity index (χ3n) is 3.11. The van der Waals surface area contributed by atoms with Crippen molar-refractivity contribution >= 4 is 33.4 Å². The molecule has 1 heterocycles. The highest BCUT2D eigenvalue weighted by Gasteiger charge is 2.09. The Kier molecular flexibility index (Phi) is 5.42. The first-order chi connectivity index (χ1) is 9.97. The molecule has 0 unspecified atom stereocenters. The van der Waals surface area contributed by atoms with E-state index in [1.807, 2.05) is 24.6 Å². The Bertz CT molecular complexity index is 654. The maximum Gasteiger partial charge on any atom is 0.252 e. The Morgan fingerprint density at radius 1 is 1.38 bits per heavy atom. The van der Waals surface area contributed by atoms with Crippen LogP contribution < -0.4 is 5.32 Å². The van der Waals surface area contributed by atoms with Gasteiger partial charge >= 0.3 is 0 Å². The Morgan fingerprint density at radius 2 is 2.14 bits per heavy atom. The van der Waals surface area contributed by atoms with E-state index in [0.29, 0.717) is 21.6 Å². The van der Waals surface area contributed by atoms with Crippen molar-refractivity contribution in [2.45, 2.75) is 26.8 Å². The van der Waals surface area contributed by atoms with Crippen LogP contribution in [0.4, 0.5) is 0 Å². The second kappa shape index (κ2) is 7.09. The molecule has 0 saturated heterocycles. The molecule has 1 aromatic heterocycles. The number of hydrogen-bond acceptors (Lipinski definition) is 2. The van der Waals surface area contributed by atoms with Crippen molar-refractivity contribution in [2.75, 3.05) is 6.54 Å². The number of nitrogens with one attached hydrogen (secondary N) is 1. The van der Waals surface area contributed by atoms with Gasteiger partial charge in [-0.2, -0.15) is 5.10 Å². The summed E-state index contributed by atoms with van der Waals surface area (Å²) in [5.74, 6) is -0.105. The van der Waals surface area contributed by atoms with Crippen LogP contribution in [0.3, 0.4) is 0 Å². The van der Waals surface area contributed by atoms with Crippen molar-refractivity contribution in [3.8, 4) is 0 Å². The number of aryl methyl sites for hydroxylation is 3. The van der Waals surface area contributed by atoms with Crippen molar-refractivity contribution < 1.29 is 4.79 Å². The SMILES string of the molecule is Cc1cc(C)n(CCCNC(=O)c2ccc(Cl)cc2Br)n1. The summed E-state index contributed by atoms with van der Waals surface area (Å²) >= 11 is 9.21. The molecule has 0 radical (unpaired) electrons. The third-order valence-corrected chi connectivity index (χ3v) is 4.00. The first-order valence-corrected chi connectivity index (χ1v) is 7.89. The van der Waals surface area contributed by atoms with Crippen LogP contribution in [0.5, 0.6) is 0 Å². The van der Waals surface area contributed by atoms with E-state index in [0.717, 1.165) is 24.4 Å². The molecular weight excluding hydrogens is 354 g/mol. The smallest absolute Gasteiger partial charge is 0.252 e. The molecule has 1 aromatic carbocycles. The number of carbonyl (C=O) groups excluding carboxylic acids is 1. The molecule has 0 saturated carbocycles. The van der Waals surface area contributed by atoms with Gasteiger partial charge in [0, 0.05) is 28.3 Å². The lowest BCUT2D eigenvalue weighted by atomic mass is 10.2. The molecule has 21 heavy (non-hydrogen) atoms. The van der Waals surface area contributed by atoms with Crippen LogP contribution in [-0.2, 0) is 6.54 Å². The highest BCUT2D eigenvalue weighted by molar-refractivity contribution is 9.10. The van der Waals surface area contributed by atoms with Crippen molar-refractivity contribution in [3.05, 3.63) is 50.7 Å². The van der Waals surface area contributed by atoms with E-state index < -0.39 is 0 Å². The van der Waals surface area contributed by atoms with Crippen molar-refractivity contribution in [2.24, 2.45) is 0 Å². The summed E-state index contributed by atoms with van der Waals surface area (Å²) in [7, 11) is 0. The third kappa shape index (κ3) is 4.32. The van der Waals surface area contributed by atoms with Gasteiger partial charge in [0.2, 0.25) is 0 Å². The molecule has 0 spiro atoms. The first-order valence-electron chi connectivity index (χ1n) is 6.71. The Labute approximate surface area is 137 Å². The maximum atomic E-state index is 12.1. The summed E-state index contributed by atoms with van der Waals surface area (Å²) in [6, 6.07) is 7.18. The van der Waals surface area contributed by atoms with E-state index >= 15 is 0 Å². The molecule has 2 aromatic rings. The lowest BCUT2D eigenvalue weighted by Crippen LogP contribution is -2.25. The molecule has 0 bridgehead atoms. The summed E-state index contributed by atoms with van der Waals surface area (Å²) in [5.41, 5.74) is 2.74. The quantitative estimate of drug-likeness (QED) is 0.815. The molecule has 0 aliphatic rings. The number of nitrogens with zero attached hydrogens (tertiary/aromatic N) is 2. The van der Waals surface area contributed by atoms with Gasteiger partial charge in [-0.15, -0.1) is 0 Å². The molecule has 4 nitrogen and oxygen atoms in total. The Balaban J connectivity index is 1.83. The number of carbonyl (C=O) groups is 1. The summed E-state index contributed by atoms with van der Waals surface area (Å²) in [5, 5.41) is 7.89. The molecule has 0 fully saturated rings. The van der Waals surface area contributed by atoms with Crippen LogP contribution in [-0.4, -0.2) is 22.2 Å². The van der Waals surface area contributed by atoms with Gasteiger partial charge in [0.25, 0.3) is 5.91 Å². The van der Waals surface area contributed by atoms with Gasteiger partial charge in [-0.25, -0.2) is 0 Å². The summed E-state index contributed by atoms with van der Waals surface area (Å²) < 4.78 is 2.66. The lowest BCUT2D eigenvalue weighted by molar-refractivity contribution is 0.0952. The number of amides is 1.